The molecule has 1 aliphatic rings. The summed E-state index contributed by atoms with van der Waals surface area (Å²) in [5, 5.41) is 11.3. The summed E-state index contributed by atoms with van der Waals surface area (Å²) < 4.78 is 1.78. The highest BCUT2D eigenvalue weighted by Gasteiger charge is 2.27. The first kappa shape index (κ1) is 32.9. The number of thioether (sulfide) groups is 1. The Morgan fingerprint density at radius 1 is 1.17 bits per heavy atom. The highest BCUT2D eigenvalue weighted by Crippen LogP contribution is 2.37. The molecule has 1 unspecified atom stereocenters. The second-order valence-electron chi connectivity index (χ2n) is 10.8. The number of aldehydes is 1. The van der Waals surface area contributed by atoms with Crippen molar-refractivity contribution in [2.24, 2.45) is 5.92 Å². The highest BCUT2D eigenvalue weighted by molar-refractivity contribution is 7.98. The molecule has 2 N–H and O–H groups in total. The van der Waals surface area contributed by atoms with Gasteiger partial charge in [-0.25, -0.2) is 0 Å². The highest BCUT2D eigenvalue weighted by atomic mass is 35.5. The number of hydrogen-bond donors (Lipinski definition) is 2. The monoisotopic (exact) mass is 597 g/mol. The van der Waals surface area contributed by atoms with Crippen LogP contribution in [-0.2, 0) is 11.3 Å². The van der Waals surface area contributed by atoms with Gasteiger partial charge in [0.15, 0.2) is 5.82 Å². The van der Waals surface area contributed by atoms with E-state index >= 15 is 0 Å². The Hall–Kier alpha value is -2.65. The number of aromatic nitrogens is 2. The first-order chi connectivity index (χ1) is 19.8. The Morgan fingerprint density at radius 3 is 2.51 bits per heavy atom. The Kier molecular flexibility index (Phi) is 13.9. The quantitative estimate of drug-likeness (QED) is 0.132. The summed E-state index contributed by atoms with van der Waals surface area (Å²) in [5.41, 5.74) is 2.63. The molecule has 1 aromatic heterocycles. The molecule has 1 saturated carbocycles. The molecule has 1 aliphatic carbocycles. The van der Waals surface area contributed by atoms with Crippen molar-refractivity contribution in [3.63, 3.8) is 0 Å². The standard InChI is InChI=1S/C26H28ClN3O2S.C6H16N2/c1-33-24-11-10-21(15-23(24)27)22(14-18-4-2-3-5-18)26(32)28-25-12-13-30(29-25)16-19-6-8-20(17-31)9-7-19;1-7-5-4-6-8(2)3/h6-13,15,17-18,22H,2-5,14,16H2,1H3,(H,28,29,32);7H,4-6H2,1-3H3. The fourth-order valence-electron chi connectivity index (χ4n) is 5.06. The number of hydrogen-bond acceptors (Lipinski definition) is 6. The van der Waals surface area contributed by atoms with Crippen LogP contribution < -0.4 is 10.6 Å². The molecular weight excluding hydrogens is 554 g/mol. The number of carbonyl (C=O) groups is 2. The van der Waals surface area contributed by atoms with E-state index in [1.165, 1.54) is 38.6 Å². The van der Waals surface area contributed by atoms with Crippen molar-refractivity contribution in [1.29, 1.82) is 0 Å². The Balaban J connectivity index is 0.000000507. The Labute approximate surface area is 254 Å². The van der Waals surface area contributed by atoms with E-state index in [0.717, 1.165) is 35.3 Å². The molecule has 41 heavy (non-hydrogen) atoms. The average Bonchev–Trinajstić information content (AvgIpc) is 3.64. The summed E-state index contributed by atoms with van der Waals surface area (Å²) in [7, 11) is 6.17. The minimum absolute atomic E-state index is 0.0459. The van der Waals surface area contributed by atoms with Crippen LogP contribution in [0.2, 0.25) is 5.02 Å². The number of nitrogens with one attached hydrogen (secondary N) is 2. The summed E-state index contributed by atoms with van der Waals surface area (Å²) in [6, 6.07) is 15.2. The van der Waals surface area contributed by atoms with E-state index in [1.54, 1.807) is 28.6 Å². The van der Waals surface area contributed by atoms with Gasteiger partial charge in [0, 0.05) is 22.7 Å². The number of halogens is 1. The zero-order valence-electron chi connectivity index (χ0n) is 24.7. The van der Waals surface area contributed by atoms with E-state index in [-0.39, 0.29) is 11.8 Å². The molecule has 222 valence electrons. The zero-order chi connectivity index (χ0) is 29.6. The van der Waals surface area contributed by atoms with Gasteiger partial charge in [-0.15, -0.1) is 11.8 Å². The molecule has 1 heterocycles. The lowest BCUT2D eigenvalue weighted by molar-refractivity contribution is -0.118. The molecule has 2 aromatic carbocycles. The van der Waals surface area contributed by atoms with Gasteiger partial charge in [-0.1, -0.05) is 67.6 Å². The lowest BCUT2D eigenvalue weighted by Gasteiger charge is -2.21. The van der Waals surface area contributed by atoms with Crippen LogP contribution in [0.25, 0.3) is 0 Å². The number of carbonyl (C=O) groups excluding carboxylic acids is 2. The van der Waals surface area contributed by atoms with Crippen molar-refractivity contribution in [3.8, 4) is 0 Å². The predicted octanol–water partition coefficient (Wildman–Crippen LogP) is 6.58. The van der Waals surface area contributed by atoms with Crippen LogP contribution in [0.3, 0.4) is 0 Å². The Bertz CT molecular complexity index is 1230. The number of benzene rings is 2. The van der Waals surface area contributed by atoms with Crippen molar-refractivity contribution in [3.05, 3.63) is 76.4 Å². The van der Waals surface area contributed by atoms with E-state index in [0.29, 0.717) is 28.9 Å². The average molecular weight is 598 g/mol. The van der Waals surface area contributed by atoms with Crippen LogP contribution in [0.5, 0.6) is 0 Å². The van der Waals surface area contributed by atoms with Gasteiger partial charge >= 0.3 is 0 Å². The largest absolute Gasteiger partial charge is 0.320 e. The summed E-state index contributed by atoms with van der Waals surface area (Å²) in [5.74, 6) is 0.789. The fourth-order valence-corrected chi connectivity index (χ4v) is 5.94. The van der Waals surface area contributed by atoms with Crippen molar-refractivity contribution < 1.29 is 9.59 Å². The topological polar surface area (TPSA) is 79.3 Å². The third kappa shape index (κ3) is 10.9. The molecule has 9 heteroatoms. The normalized spacial score (nSPS) is 14.0. The van der Waals surface area contributed by atoms with E-state index in [9.17, 15) is 9.59 Å². The summed E-state index contributed by atoms with van der Waals surface area (Å²) in [4.78, 5) is 27.4. The molecule has 4 rings (SSSR count). The van der Waals surface area contributed by atoms with E-state index in [2.05, 4.69) is 34.7 Å². The van der Waals surface area contributed by atoms with Gasteiger partial charge in [0.05, 0.1) is 17.5 Å². The van der Waals surface area contributed by atoms with Gasteiger partial charge in [0.25, 0.3) is 0 Å². The van der Waals surface area contributed by atoms with Crippen molar-refractivity contribution in [1.82, 2.24) is 20.0 Å². The SMILES string of the molecule is CNCCCN(C)C.CSc1ccc(C(CC2CCCC2)C(=O)Nc2ccn(Cc3ccc(C=O)cc3)n2)cc1Cl. The number of anilines is 1. The van der Waals surface area contributed by atoms with Gasteiger partial charge in [0.1, 0.15) is 6.29 Å². The molecule has 0 aliphatic heterocycles. The van der Waals surface area contributed by atoms with E-state index in [4.69, 9.17) is 11.6 Å². The summed E-state index contributed by atoms with van der Waals surface area (Å²) in [6.07, 6.45) is 11.6. The van der Waals surface area contributed by atoms with Gasteiger partial charge in [-0.05, 0) is 82.5 Å². The van der Waals surface area contributed by atoms with Gasteiger partial charge in [-0.2, -0.15) is 5.10 Å². The summed E-state index contributed by atoms with van der Waals surface area (Å²) in [6.45, 7) is 2.87. The lowest BCUT2D eigenvalue weighted by Crippen LogP contribution is -2.23. The first-order valence-electron chi connectivity index (χ1n) is 14.3. The number of rotatable bonds is 13. The third-order valence-electron chi connectivity index (χ3n) is 7.32. The fraction of sp³-hybridized carbons (Fsp3) is 0.469. The minimum atomic E-state index is -0.262. The minimum Gasteiger partial charge on any atom is -0.320 e. The molecule has 0 radical (unpaired) electrons. The van der Waals surface area contributed by atoms with Gasteiger partial charge in [0.2, 0.25) is 5.91 Å². The number of amides is 1. The van der Waals surface area contributed by atoms with Crippen molar-refractivity contribution in [2.45, 2.75) is 55.9 Å². The van der Waals surface area contributed by atoms with E-state index < -0.39 is 0 Å². The van der Waals surface area contributed by atoms with Gasteiger partial charge < -0.3 is 15.5 Å². The smallest absolute Gasteiger partial charge is 0.233 e. The van der Waals surface area contributed by atoms with Crippen molar-refractivity contribution >= 4 is 41.4 Å². The second-order valence-corrected chi connectivity index (χ2v) is 12.1. The second kappa shape index (κ2) is 17.3. The van der Waals surface area contributed by atoms with Crippen LogP contribution in [-0.4, -0.2) is 67.4 Å². The first-order valence-corrected chi connectivity index (χ1v) is 15.9. The van der Waals surface area contributed by atoms with Crippen LogP contribution in [0.15, 0.2) is 59.6 Å². The van der Waals surface area contributed by atoms with Crippen LogP contribution >= 0.6 is 23.4 Å². The van der Waals surface area contributed by atoms with Crippen LogP contribution in [0.4, 0.5) is 5.82 Å². The zero-order valence-corrected chi connectivity index (χ0v) is 26.3. The maximum atomic E-state index is 13.4. The van der Waals surface area contributed by atoms with Crippen molar-refractivity contribution in [2.75, 3.05) is 45.8 Å². The third-order valence-corrected chi connectivity index (χ3v) is 8.54. The molecule has 1 atom stereocenters. The van der Waals surface area contributed by atoms with Gasteiger partial charge in [-0.3, -0.25) is 14.3 Å². The predicted molar refractivity (Wildman–Crippen MR) is 171 cm³/mol. The maximum absolute atomic E-state index is 13.4. The molecule has 1 fully saturated rings. The Morgan fingerprint density at radius 2 is 1.90 bits per heavy atom. The molecule has 7 nitrogen and oxygen atoms in total. The molecule has 0 spiro atoms. The summed E-state index contributed by atoms with van der Waals surface area (Å²) >= 11 is 8.07. The van der Waals surface area contributed by atoms with Crippen LogP contribution in [0, 0.1) is 5.92 Å². The molecule has 1 amide bonds. The molecule has 0 bridgehead atoms. The number of nitrogens with zero attached hydrogens (tertiary/aromatic N) is 3. The van der Waals surface area contributed by atoms with E-state index in [1.807, 2.05) is 55.9 Å². The molecular formula is C32H44ClN5O2S. The van der Waals surface area contributed by atoms with Crippen LogP contribution in [0.1, 0.15) is 65.9 Å². The molecule has 0 saturated heterocycles. The lowest BCUT2D eigenvalue weighted by atomic mass is 9.87. The molecule has 3 aromatic rings. The maximum Gasteiger partial charge on any atom is 0.233 e.